The number of hydrogen-bond donors (Lipinski definition) is 2. The fraction of sp³-hybridized carbons (Fsp3) is 0.483. The van der Waals surface area contributed by atoms with Crippen molar-refractivity contribution in [2.45, 2.75) is 64.1 Å². The number of amides is 2. The predicted molar refractivity (Wildman–Crippen MR) is 146 cm³/mol. The van der Waals surface area contributed by atoms with Gasteiger partial charge in [-0.2, -0.15) is 0 Å². The fourth-order valence-corrected chi connectivity index (χ4v) is 5.60. The van der Waals surface area contributed by atoms with E-state index in [-0.39, 0.29) is 36.1 Å². The summed E-state index contributed by atoms with van der Waals surface area (Å²) in [6.45, 7) is 8.65. The summed E-state index contributed by atoms with van der Waals surface area (Å²) in [5, 5.41) is 2.81. The van der Waals surface area contributed by atoms with Crippen molar-refractivity contribution in [1.82, 2.24) is 10.2 Å². The van der Waals surface area contributed by atoms with E-state index >= 15 is 0 Å². The van der Waals surface area contributed by atoms with Crippen molar-refractivity contribution in [3.05, 3.63) is 71.3 Å². The van der Waals surface area contributed by atoms with Gasteiger partial charge in [-0.25, -0.2) is 0 Å². The predicted octanol–water partition coefficient (Wildman–Crippen LogP) is 3.63. The maximum Gasteiger partial charge on any atom is 0.247 e. The molecule has 2 aromatic carbocycles. The lowest BCUT2D eigenvalue weighted by Crippen LogP contribution is -2.59. The number of carbonyl (C=O) groups is 3. The van der Waals surface area contributed by atoms with Gasteiger partial charge in [0.25, 0.3) is 0 Å². The summed E-state index contributed by atoms with van der Waals surface area (Å²) in [6.07, 6.45) is 1.37. The molecule has 2 amide bonds. The Morgan fingerprint density at radius 2 is 1.65 bits per heavy atom. The Morgan fingerprint density at radius 3 is 2.27 bits per heavy atom. The van der Waals surface area contributed by atoms with Crippen molar-refractivity contribution in [2.24, 2.45) is 11.1 Å². The topological polar surface area (TPSA) is 102 Å². The van der Waals surface area contributed by atoms with E-state index in [1.54, 1.807) is 18.7 Å². The number of nitrogens with one attached hydrogen (secondary N) is 1. The molecule has 1 saturated heterocycles. The fourth-order valence-electron chi connectivity index (χ4n) is 5.60. The molecule has 0 radical (unpaired) electrons. The van der Waals surface area contributed by atoms with Crippen molar-refractivity contribution < 1.29 is 19.1 Å². The lowest BCUT2D eigenvalue weighted by Gasteiger charge is -2.47. The van der Waals surface area contributed by atoms with Crippen LogP contribution >= 0.6 is 12.4 Å². The van der Waals surface area contributed by atoms with E-state index in [4.69, 9.17) is 10.5 Å². The Balaban J connectivity index is 0.00000380. The van der Waals surface area contributed by atoms with Gasteiger partial charge < -0.3 is 20.7 Å². The number of nitrogens with zero attached hydrogens (tertiary/aromatic N) is 1. The van der Waals surface area contributed by atoms with E-state index in [9.17, 15) is 14.4 Å². The smallest absolute Gasteiger partial charge is 0.247 e. The Labute approximate surface area is 225 Å². The third-order valence-electron chi connectivity index (χ3n) is 7.96. The molecule has 4 rings (SSSR count). The molecule has 1 fully saturated rings. The molecule has 0 bridgehead atoms. The molecule has 0 aromatic heterocycles. The highest BCUT2D eigenvalue weighted by molar-refractivity contribution is 6.06. The van der Waals surface area contributed by atoms with E-state index in [0.29, 0.717) is 32.5 Å². The normalized spacial score (nSPS) is 18.6. The second-order valence-electron chi connectivity index (χ2n) is 11.2. The van der Waals surface area contributed by atoms with Crippen molar-refractivity contribution in [1.29, 1.82) is 0 Å². The summed E-state index contributed by atoms with van der Waals surface area (Å²) in [7, 11) is 0. The van der Waals surface area contributed by atoms with E-state index < -0.39 is 22.9 Å². The average Bonchev–Trinajstić information content (AvgIpc) is 3.02. The molecule has 1 unspecified atom stereocenters. The number of ether oxygens (including phenoxy) is 1. The molecule has 2 aromatic rings. The largest absolute Gasteiger partial charge is 0.374 e. The van der Waals surface area contributed by atoms with E-state index in [1.807, 2.05) is 62.4 Å². The van der Waals surface area contributed by atoms with Crippen LogP contribution in [0.5, 0.6) is 0 Å². The second-order valence-corrected chi connectivity index (χ2v) is 11.2. The molecule has 1 aliphatic heterocycles. The SMILES string of the molecule is CC(C)(N)C(=O)NC(COCc1ccccc1)C(=O)N1CCC2(CC1)c1ccccc1C(=O)C2(C)C.Cl. The van der Waals surface area contributed by atoms with E-state index in [2.05, 4.69) is 11.4 Å². The molecule has 0 saturated carbocycles. The van der Waals surface area contributed by atoms with Crippen LogP contribution in [0.1, 0.15) is 62.0 Å². The molecule has 2 aliphatic rings. The number of nitrogens with two attached hydrogens (primary N) is 1. The number of rotatable bonds is 7. The monoisotopic (exact) mass is 527 g/mol. The molecule has 1 spiro atoms. The van der Waals surface area contributed by atoms with Gasteiger partial charge in [0, 0.05) is 29.5 Å². The van der Waals surface area contributed by atoms with Gasteiger partial charge in [-0.3, -0.25) is 14.4 Å². The molecular weight excluding hydrogens is 490 g/mol. The first kappa shape index (κ1) is 28.8. The van der Waals surface area contributed by atoms with Gasteiger partial charge in [-0.15, -0.1) is 12.4 Å². The number of fused-ring (bicyclic) bond motifs is 2. The van der Waals surface area contributed by atoms with E-state index in [0.717, 1.165) is 16.7 Å². The third kappa shape index (κ3) is 5.44. The Bertz CT molecular complexity index is 1140. The molecule has 7 nitrogen and oxygen atoms in total. The molecule has 37 heavy (non-hydrogen) atoms. The summed E-state index contributed by atoms with van der Waals surface area (Å²) in [5.74, 6) is -0.428. The summed E-state index contributed by atoms with van der Waals surface area (Å²) in [6, 6.07) is 16.7. The average molecular weight is 528 g/mol. The van der Waals surface area contributed by atoms with Crippen LogP contribution in [0, 0.1) is 5.41 Å². The van der Waals surface area contributed by atoms with Gasteiger partial charge in [-0.1, -0.05) is 68.4 Å². The second kappa shape index (κ2) is 10.9. The van der Waals surface area contributed by atoms with Crippen molar-refractivity contribution in [3.8, 4) is 0 Å². The Hall–Kier alpha value is -2.74. The number of ketones is 1. The third-order valence-corrected chi connectivity index (χ3v) is 7.96. The Kier molecular flexibility index (Phi) is 8.52. The van der Waals surface area contributed by atoms with Gasteiger partial charge in [-0.05, 0) is 37.8 Å². The summed E-state index contributed by atoms with van der Waals surface area (Å²) < 4.78 is 5.85. The highest BCUT2D eigenvalue weighted by Gasteiger charge is 2.58. The van der Waals surface area contributed by atoms with Crippen LogP contribution in [0.4, 0.5) is 0 Å². The molecule has 1 atom stereocenters. The minimum absolute atomic E-state index is 0. The summed E-state index contributed by atoms with van der Waals surface area (Å²) >= 11 is 0. The lowest BCUT2D eigenvalue weighted by molar-refractivity contribution is -0.141. The van der Waals surface area contributed by atoms with Crippen molar-refractivity contribution in [2.75, 3.05) is 19.7 Å². The van der Waals surface area contributed by atoms with Crippen LogP contribution in [-0.4, -0.2) is 53.8 Å². The zero-order valence-corrected chi connectivity index (χ0v) is 22.9. The quantitative estimate of drug-likeness (QED) is 0.572. The van der Waals surface area contributed by atoms with Gasteiger partial charge in [0.15, 0.2) is 5.78 Å². The number of Topliss-reactive ketones (excluding diaryl/α,β-unsaturated/α-hetero) is 1. The maximum atomic E-state index is 13.6. The van der Waals surface area contributed by atoms with Crippen molar-refractivity contribution >= 4 is 30.0 Å². The number of hydrogen-bond acceptors (Lipinski definition) is 5. The highest BCUT2D eigenvalue weighted by Crippen LogP contribution is 2.56. The van der Waals surface area contributed by atoms with Crippen LogP contribution in [0.2, 0.25) is 0 Å². The van der Waals surface area contributed by atoms with Crippen LogP contribution in [0.15, 0.2) is 54.6 Å². The molecule has 3 N–H and O–H groups in total. The summed E-state index contributed by atoms with van der Waals surface area (Å²) in [4.78, 5) is 41.3. The zero-order chi connectivity index (χ0) is 26.1. The molecule has 1 aliphatic carbocycles. The molecule has 200 valence electrons. The Morgan fingerprint density at radius 1 is 1.05 bits per heavy atom. The summed E-state index contributed by atoms with van der Waals surface area (Å²) in [5.41, 5.74) is 6.89. The first-order valence-electron chi connectivity index (χ1n) is 12.6. The van der Waals surface area contributed by atoms with Gasteiger partial charge >= 0.3 is 0 Å². The number of benzene rings is 2. The number of carbonyl (C=O) groups excluding carboxylic acids is 3. The first-order chi connectivity index (χ1) is 17.0. The molecule has 8 heteroatoms. The van der Waals surface area contributed by atoms with Crippen molar-refractivity contribution in [3.63, 3.8) is 0 Å². The van der Waals surface area contributed by atoms with Gasteiger partial charge in [0.2, 0.25) is 11.8 Å². The van der Waals surface area contributed by atoms with Crippen LogP contribution in [0.3, 0.4) is 0 Å². The van der Waals surface area contributed by atoms with E-state index in [1.165, 1.54) is 0 Å². The maximum absolute atomic E-state index is 13.6. The van der Waals surface area contributed by atoms with Crippen LogP contribution in [0.25, 0.3) is 0 Å². The lowest BCUT2D eigenvalue weighted by atomic mass is 9.60. The standard InChI is InChI=1S/C29H37N3O4.ClH/c1-27(2)24(33)21-12-8-9-13-22(21)29(27)14-16-32(17-15-29)25(34)23(31-26(35)28(3,4)30)19-36-18-20-10-6-5-7-11-20;/h5-13,23H,14-19,30H2,1-4H3,(H,31,35);1H. The van der Waals surface area contributed by atoms with Gasteiger partial charge in [0.1, 0.15) is 6.04 Å². The zero-order valence-electron chi connectivity index (χ0n) is 22.1. The molecular formula is C29H38ClN3O4. The highest BCUT2D eigenvalue weighted by atomic mass is 35.5. The van der Waals surface area contributed by atoms with Crippen LogP contribution < -0.4 is 11.1 Å². The van der Waals surface area contributed by atoms with Gasteiger partial charge in [0.05, 0.1) is 18.8 Å². The first-order valence-corrected chi connectivity index (χ1v) is 12.6. The number of likely N-dealkylation sites (tertiary alicyclic amines) is 1. The number of piperidine rings is 1. The number of halogens is 1. The minimum atomic E-state index is -1.12. The minimum Gasteiger partial charge on any atom is -0.374 e. The van der Waals surface area contributed by atoms with Crippen LogP contribution in [-0.2, 0) is 26.3 Å². The molecule has 1 heterocycles.